The van der Waals surface area contributed by atoms with E-state index < -0.39 is 11.5 Å². The van der Waals surface area contributed by atoms with Gasteiger partial charge in [0.25, 0.3) is 11.5 Å². The standard InChI is InChI=1S/C26H19BrN4O3/c1-17-6-5-13-31-23(17)30-25(34-21-11-9-20(27)10-12-21)22(26(31)33)14-19(15-28)24(32)29-16-18-7-3-2-4-8-18/h2-14H,16H2,1H3,(H,29,32)/b19-14+. The molecule has 34 heavy (non-hydrogen) atoms. The molecule has 0 unspecified atom stereocenters. The molecule has 0 saturated carbocycles. The Bertz CT molecular complexity index is 1490. The Labute approximate surface area is 204 Å². The highest BCUT2D eigenvalue weighted by Gasteiger charge is 2.18. The van der Waals surface area contributed by atoms with Crippen molar-refractivity contribution < 1.29 is 9.53 Å². The minimum Gasteiger partial charge on any atom is -0.438 e. The molecule has 1 N–H and O–H groups in total. The van der Waals surface area contributed by atoms with Gasteiger partial charge >= 0.3 is 0 Å². The Balaban J connectivity index is 1.77. The van der Waals surface area contributed by atoms with Crippen molar-refractivity contribution in [2.45, 2.75) is 13.5 Å². The number of nitrogens with zero attached hydrogens (tertiary/aromatic N) is 3. The first-order valence-electron chi connectivity index (χ1n) is 10.4. The number of benzene rings is 2. The molecule has 2 aromatic heterocycles. The normalized spacial score (nSPS) is 11.1. The van der Waals surface area contributed by atoms with E-state index in [-0.39, 0.29) is 23.6 Å². The molecular weight excluding hydrogens is 496 g/mol. The topological polar surface area (TPSA) is 96.5 Å². The number of hydrogen-bond acceptors (Lipinski definition) is 5. The summed E-state index contributed by atoms with van der Waals surface area (Å²) in [6.45, 7) is 2.08. The van der Waals surface area contributed by atoms with Gasteiger partial charge in [-0.1, -0.05) is 52.3 Å². The molecule has 1 amide bonds. The van der Waals surface area contributed by atoms with Crippen molar-refractivity contribution in [2.75, 3.05) is 0 Å². The van der Waals surface area contributed by atoms with Crippen LogP contribution in [-0.4, -0.2) is 15.3 Å². The van der Waals surface area contributed by atoms with Crippen LogP contribution in [0.4, 0.5) is 0 Å². The summed E-state index contributed by atoms with van der Waals surface area (Å²) < 4.78 is 8.16. The average molecular weight is 515 g/mol. The molecule has 0 saturated heterocycles. The smallest absolute Gasteiger partial charge is 0.269 e. The van der Waals surface area contributed by atoms with E-state index in [2.05, 4.69) is 26.2 Å². The van der Waals surface area contributed by atoms with Gasteiger partial charge < -0.3 is 10.1 Å². The zero-order valence-electron chi connectivity index (χ0n) is 18.2. The summed E-state index contributed by atoms with van der Waals surface area (Å²) in [5, 5.41) is 12.4. The lowest BCUT2D eigenvalue weighted by Crippen LogP contribution is -2.25. The fourth-order valence-corrected chi connectivity index (χ4v) is 3.54. The van der Waals surface area contributed by atoms with Gasteiger partial charge in [0.1, 0.15) is 28.6 Å². The minimum absolute atomic E-state index is 0.00238. The number of halogens is 1. The number of ether oxygens (including phenoxy) is 1. The zero-order chi connectivity index (χ0) is 24.1. The summed E-state index contributed by atoms with van der Waals surface area (Å²) >= 11 is 3.37. The number of nitriles is 1. The van der Waals surface area contributed by atoms with Crippen LogP contribution in [0, 0.1) is 18.3 Å². The highest BCUT2D eigenvalue weighted by atomic mass is 79.9. The number of hydrogen-bond donors (Lipinski definition) is 1. The first-order chi connectivity index (χ1) is 16.5. The highest BCUT2D eigenvalue weighted by molar-refractivity contribution is 9.10. The highest BCUT2D eigenvalue weighted by Crippen LogP contribution is 2.26. The van der Waals surface area contributed by atoms with Gasteiger partial charge in [-0.25, -0.2) is 0 Å². The maximum Gasteiger partial charge on any atom is 0.269 e. The molecule has 4 rings (SSSR count). The lowest BCUT2D eigenvalue weighted by atomic mass is 10.1. The van der Waals surface area contributed by atoms with Crippen molar-refractivity contribution >= 4 is 33.6 Å². The van der Waals surface area contributed by atoms with E-state index in [1.807, 2.05) is 49.4 Å². The van der Waals surface area contributed by atoms with E-state index in [0.29, 0.717) is 11.4 Å². The minimum atomic E-state index is -0.602. The lowest BCUT2D eigenvalue weighted by Gasteiger charge is -2.11. The van der Waals surface area contributed by atoms with E-state index in [0.717, 1.165) is 15.6 Å². The van der Waals surface area contributed by atoms with Crippen molar-refractivity contribution in [3.05, 3.63) is 110 Å². The Kier molecular flexibility index (Phi) is 6.85. The summed E-state index contributed by atoms with van der Waals surface area (Å²) in [6, 6.07) is 21.8. The first-order valence-corrected chi connectivity index (χ1v) is 11.1. The second kappa shape index (κ2) is 10.1. The van der Waals surface area contributed by atoms with Crippen molar-refractivity contribution in [3.63, 3.8) is 0 Å². The number of aromatic nitrogens is 2. The first kappa shape index (κ1) is 23.0. The molecular formula is C26H19BrN4O3. The average Bonchev–Trinajstić information content (AvgIpc) is 2.85. The van der Waals surface area contributed by atoms with Gasteiger partial charge in [0.05, 0.1) is 0 Å². The lowest BCUT2D eigenvalue weighted by molar-refractivity contribution is -0.117. The molecule has 8 heteroatoms. The monoisotopic (exact) mass is 514 g/mol. The number of amides is 1. The number of carbonyl (C=O) groups is 1. The van der Waals surface area contributed by atoms with Crippen LogP contribution in [0.15, 0.2) is 87.8 Å². The Morgan fingerprint density at radius 3 is 2.59 bits per heavy atom. The van der Waals surface area contributed by atoms with Crippen molar-refractivity contribution in [1.29, 1.82) is 5.26 Å². The molecule has 2 aromatic carbocycles. The molecule has 0 atom stereocenters. The van der Waals surface area contributed by atoms with Crippen LogP contribution in [0.3, 0.4) is 0 Å². The predicted octanol–water partition coefficient (Wildman–Crippen LogP) is 4.78. The number of rotatable bonds is 6. The van der Waals surface area contributed by atoms with Gasteiger partial charge in [0, 0.05) is 17.2 Å². The molecule has 0 aliphatic rings. The molecule has 0 aliphatic carbocycles. The summed E-state index contributed by atoms with van der Waals surface area (Å²) in [7, 11) is 0. The van der Waals surface area contributed by atoms with E-state index in [1.54, 1.807) is 36.5 Å². The van der Waals surface area contributed by atoms with E-state index in [4.69, 9.17) is 4.74 Å². The number of fused-ring (bicyclic) bond motifs is 1. The van der Waals surface area contributed by atoms with Crippen LogP contribution in [0.2, 0.25) is 0 Å². The second-order valence-electron chi connectivity index (χ2n) is 7.41. The maximum atomic E-state index is 13.3. The number of nitrogens with one attached hydrogen (secondary N) is 1. The third kappa shape index (κ3) is 5.05. The van der Waals surface area contributed by atoms with Crippen molar-refractivity contribution in [2.24, 2.45) is 0 Å². The largest absolute Gasteiger partial charge is 0.438 e. The van der Waals surface area contributed by atoms with E-state index in [1.165, 1.54) is 10.5 Å². The third-order valence-corrected chi connectivity index (χ3v) is 5.56. The van der Waals surface area contributed by atoms with Gasteiger partial charge in [0.2, 0.25) is 5.88 Å². The molecule has 0 radical (unpaired) electrons. The fourth-order valence-electron chi connectivity index (χ4n) is 3.27. The summed E-state index contributed by atoms with van der Waals surface area (Å²) in [4.78, 5) is 30.6. The van der Waals surface area contributed by atoms with Crippen LogP contribution in [0.5, 0.6) is 11.6 Å². The molecule has 7 nitrogen and oxygen atoms in total. The van der Waals surface area contributed by atoms with Crippen LogP contribution >= 0.6 is 15.9 Å². The third-order valence-electron chi connectivity index (χ3n) is 5.03. The molecule has 4 aromatic rings. The zero-order valence-corrected chi connectivity index (χ0v) is 19.7. The summed E-state index contributed by atoms with van der Waals surface area (Å²) in [5.41, 5.74) is 1.39. The van der Waals surface area contributed by atoms with Crippen LogP contribution in [0.25, 0.3) is 11.7 Å². The fraction of sp³-hybridized carbons (Fsp3) is 0.0769. The predicted molar refractivity (Wildman–Crippen MR) is 132 cm³/mol. The Morgan fingerprint density at radius 2 is 1.88 bits per heavy atom. The van der Waals surface area contributed by atoms with Crippen molar-refractivity contribution in [1.82, 2.24) is 14.7 Å². The van der Waals surface area contributed by atoms with Crippen molar-refractivity contribution in [3.8, 4) is 17.7 Å². The van der Waals surface area contributed by atoms with Gasteiger partial charge in [-0.2, -0.15) is 10.2 Å². The van der Waals surface area contributed by atoms with Gasteiger partial charge in [0.15, 0.2) is 0 Å². The Morgan fingerprint density at radius 1 is 1.15 bits per heavy atom. The molecule has 0 fully saturated rings. The maximum absolute atomic E-state index is 13.3. The molecule has 0 aliphatic heterocycles. The SMILES string of the molecule is Cc1cccn2c(=O)c(/C=C(\C#N)C(=O)NCc3ccccc3)c(Oc3ccc(Br)cc3)nc12. The second-order valence-corrected chi connectivity index (χ2v) is 8.33. The van der Waals surface area contributed by atoms with Gasteiger partial charge in [-0.3, -0.25) is 14.0 Å². The van der Waals surface area contributed by atoms with E-state index >= 15 is 0 Å². The molecule has 0 bridgehead atoms. The summed E-state index contributed by atoms with van der Waals surface area (Å²) in [5.74, 6) is -0.144. The molecule has 2 heterocycles. The quantitative estimate of drug-likeness (QED) is 0.295. The number of pyridine rings is 1. The molecule has 0 spiro atoms. The van der Waals surface area contributed by atoms with Crippen LogP contribution < -0.4 is 15.6 Å². The van der Waals surface area contributed by atoms with Crippen LogP contribution in [-0.2, 0) is 11.3 Å². The summed E-state index contributed by atoms with van der Waals surface area (Å²) in [6.07, 6.45) is 2.80. The van der Waals surface area contributed by atoms with Gasteiger partial charge in [-0.15, -0.1) is 0 Å². The molecule has 168 valence electrons. The van der Waals surface area contributed by atoms with E-state index in [9.17, 15) is 14.9 Å². The number of carbonyl (C=O) groups excluding carboxylic acids is 1. The van der Waals surface area contributed by atoms with Crippen LogP contribution in [0.1, 0.15) is 16.7 Å². The Hall–Kier alpha value is -4.22. The number of aryl methyl sites for hydroxylation is 1. The van der Waals surface area contributed by atoms with Gasteiger partial charge in [-0.05, 0) is 54.5 Å².